The smallest absolute Gasteiger partial charge is 0.418 e. The number of rotatable bonds is 6. The third kappa shape index (κ3) is 4.56. The Hall–Kier alpha value is -3.73. The molecule has 0 bridgehead atoms. The molecule has 1 heterocycles. The van der Waals surface area contributed by atoms with Crippen LogP contribution in [0.2, 0.25) is 0 Å². The molecule has 0 amide bonds. The van der Waals surface area contributed by atoms with Crippen LogP contribution in [0, 0.1) is 10.1 Å². The average molecular weight is 435 g/mol. The van der Waals surface area contributed by atoms with Gasteiger partial charge in [0.1, 0.15) is 5.56 Å². The Labute approximate surface area is 174 Å². The number of halogens is 3. The van der Waals surface area contributed by atoms with E-state index in [1.54, 1.807) is 31.4 Å². The van der Waals surface area contributed by atoms with E-state index in [9.17, 15) is 28.1 Å². The zero-order valence-electron chi connectivity index (χ0n) is 16.3. The Morgan fingerprint density at radius 1 is 1.19 bits per heavy atom. The van der Waals surface area contributed by atoms with E-state index in [2.05, 4.69) is 9.72 Å². The molecule has 0 atom stereocenters. The highest BCUT2D eigenvalue weighted by Gasteiger charge is 2.38. The molecule has 0 unspecified atom stereocenters. The fraction of sp³-hybridized carbons (Fsp3) is 0.200. The van der Waals surface area contributed by atoms with Crippen LogP contribution < -0.4 is 0 Å². The first-order chi connectivity index (χ1) is 14.7. The van der Waals surface area contributed by atoms with E-state index in [0.29, 0.717) is 23.9 Å². The lowest BCUT2D eigenvalue weighted by molar-refractivity contribution is -0.385. The van der Waals surface area contributed by atoms with Crippen molar-refractivity contribution in [3.05, 3.63) is 75.7 Å². The van der Waals surface area contributed by atoms with Gasteiger partial charge >= 0.3 is 12.1 Å². The lowest BCUT2D eigenvalue weighted by Crippen LogP contribution is -2.14. The monoisotopic (exact) mass is 435 g/mol. The van der Waals surface area contributed by atoms with Gasteiger partial charge in [-0.05, 0) is 11.6 Å². The number of imidazole rings is 1. The van der Waals surface area contributed by atoms with Crippen molar-refractivity contribution < 1.29 is 32.4 Å². The summed E-state index contributed by atoms with van der Waals surface area (Å²) in [5.41, 5.74) is -1.47. The first-order valence-electron chi connectivity index (χ1n) is 8.76. The van der Waals surface area contributed by atoms with E-state index < -0.39 is 39.6 Å². The molecule has 0 fully saturated rings. The number of ether oxygens (including phenoxy) is 2. The van der Waals surface area contributed by atoms with Gasteiger partial charge in [0.15, 0.2) is 0 Å². The standard InChI is InChI=1S/C20H16F3N3O5/c1-30-10-12-3-5-13(6-4-12)16-9-25(11-24-16)18-7-14(19(27)31-2)17(26(28)29)8-15(18)20(21,22)23/h3-9,11H,10H2,1-2H3. The van der Waals surface area contributed by atoms with Gasteiger partial charge < -0.3 is 14.0 Å². The Kier molecular flexibility index (Phi) is 6.07. The molecule has 8 nitrogen and oxygen atoms in total. The quantitative estimate of drug-likeness (QED) is 0.324. The fourth-order valence-electron chi connectivity index (χ4n) is 2.98. The van der Waals surface area contributed by atoms with E-state index in [1.807, 2.05) is 0 Å². The van der Waals surface area contributed by atoms with Gasteiger partial charge in [-0.2, -0.15) is 13.2 Å². The molecule has 3 rings (SSSR count). The summed E-state index contributed by atoms with van der Waals surface area (Å²) in [4.78, 5) is 26.3. The first-order valence-corrected chi connectivity index (χ1v) is 8.76. The van der Waals surface area contributed by atoms with Gasteiger partial charge in [-0.15, -0.1) is 0 Å². The van der Waals surface area contributed by atoms with Crippen LogP contribution in [0.3, 0.4) is 0 Å². The molecule has 0 radical (unpaired) electrons. The maximum atomic E-state index is 13.7. The number of carbonyl (C=O) groups excluding carboxylic acids is 1. The van der Waals surface area contributed by atoms with Crippen molar-refractivity contribution in [2.75, 3.05) is 14.2 Å². The topological polar surface area (TPSA) is 96.5 Å². The van der Waals surface area contributed by atoms with Gasteiger partial charge in [0.2, 0.25) is 0 Å². The molecule has 0 N–H and O–H groups in total. The summed E-state index contributed by atoms with van der Waals surface area (Å²) in [5.74, 6) is -1.13. The van der Waals surface area contributed by atoms with E-state index in [4.69, 9.17) is 4.74 Å². The molecule has 0 saturated heterocycles. The molecule has 0 aliphatic rings. The first kappa shape index (κ1) is 22.0. The number of esters is 1. The van der Waals surface area contributed by atoms with Gasteiger partial charge in [-0.3, -0.25) is 10.1 Å². The number of nitro benzene ring substituents is 1. The summed E-state index contributed by atoms with van der Waals surface area (Å²) in [5, 5.41) is 11.2. The third-order valence-electron chi connectivity index (χ3n) is 4.44. The minimum absolute atomic E-state index is 0.320. The number of hydrogen-bond donors (Lipinski definition) is 0. The lowest BCUT2D eigenvalue weighted by atomic mass is 10.1. The molecule has 0 aliphatic heterocycles. The zero-order valence-corrected chi connectivity index (χ0v) is 16.3. The second-order valence-corrected chi connectivity index (χ2v) is 6.43. The zero-order chi connectivity index (χ0) is 22.8. The highest BCUT2D eigenvalue weighted by molar-refractivity contribution is 5.95. The molecule has 3 aromatic rings. The van der Waals surface area contributed by atoms with Gasteiger partial charge in [-0.1, -0.05) is 24.3 Å². The third-order valence-corrected chi connectivity index (χ3v) is 4.44. The van der Waals surface area contributed by atoms with Crippen molar-refractivity contribution in [2.45, 2.75) is 12.8 Å². The minimum Gasteiger partial charge on any atom is -0.465 e. The van der Waals surface area contributed by atoms with Gasteiger partial charge in [0.25, 0.3) is 5.69 Å². The summed E-state index contributed by atoms with van der Waals surface area (Å²) in [6.07, 6.45) is -2.44. The highest BCUT2D eigenvalue weighted by Crippen LogP contribution is 2.38. The molecular weight excluding hydrogens is 419 g/mol. The van der Waals surface area contributed by atoms with Crippen LogP contribution in [-0.4, -0.2) is 34.7 Å². The molecule has 0 aliphatic carbocycles. The number of nitro groups is 1. The molecule has 0 saturated carbocycles. The van der Waals surface area contributed by atoms with Crippen molar-refractivity contribution in [1.82, 2.24) is 9.55 Å². The number of nitrogens with zero attached hydrogens (tertiary/aromatic N) is 3. The molecule has 2 aromatic carbocycles. The SMILES string of the molecule is COCc1ccc(-c2cn(-c3cc(C(=O)OC)c([N+](=O)[O-])cc3C(F)(F)F)cn2)cc1. The van der Waals surface area contributed by atoms with Gasteiger partial charge in [-0.25, -0.2) is 9.78 Å². The highest BCUT2D eigenvalue weighted by atomic mass is 19.4. The summed E-state index contributed by atoms with van der Waals surface area (Å²) in [6.45, 7) is 0.406. The predicted molar refractivity (Wildman–Crippen MR) is 103 cm³/mol. The fourth-order valence-corrected chi connectivity index (χ4v) is 2.98. The van der Waals surface area contributed by atoms with Crippen LogP contribution >= 0.6 is 0 Å². The summed E-state index contributed by atoms with van der Waals surface area (Å²) in [7, 11) is 2.53. The molecule has 11 heteroatoms. The van der Waals surface area contributed by atoms with Crippen molar-refractivity contribution in [3.63, 3.8) is 0 Å². The largest absolute Gasteiger partial charge is 0.465 e. The molecule has 31 heavy (non-hydrogen) atoms. The van der Waals surface area contributed by atoms with Gasteiger partial charge in [0, 0.05) is 24.9 Å². The van der Waals surface area contributed by atoms with Crippen LogP contribution in [0.25, 0.3) is 16.9 Å². The minimum atomic E-state index is -4.92. The van der Waals surface area contributed by atoms with Crippen molar-refractivity contribution >= 4 is 11.7 Å². The van der Waals surface area contributed by atoms with Crippen LogP contribution in [0.5, 0.6) is 0 Å². The number of aromatic nitrogens is 2. The van der Waals surface area contributed by atoms with Crippen molar-refractivity contribution in [3.8, 4) is 16.9 Å². The second-order valence-electron chi connectivity index (χ2n) is 6.43. The molecule has 1 aromatic heterocycles. The lowest BCUT2D eigenvalue weighted by Gasteiger charge is -2.14. The number of hydrogen-bond acceptors (Lipinski definition) is 6. The normalized spacial score (nSPS) is 11.4. The van der Waals surface area contributed by atoms with Gasteiger partial charge in [0.05, 0.1) is 41.9 Å². The summed E-state index contributed by atoms with van der Waals surface area (Å²) in [6, 6.07) is 8.16. The average Bonchev–Trinajstić information content (AvgIpc) is 3.22. The van der Waals surface area contributed by atoms with Crippen LogP contribution in [0.1, 0.15) is 21.5 Å². The Bertz CT molecular complexity index is 1120. The van der Waals surface area contributed by atoms with Crippen molar-refractivity contribution in [1.29, 1.82) is 0 Å². The van der Waals surface area contributed by atoms with E-state index in [1.165, 1.54) is 6.20 Å². The number of carbonyl (C=O) groups is 1. The Morgan fingerprint density at radius 2 is 1.87 bits per heavy atom. The molecule has 162 valence electrons. The van der Waals surface area contributed by atoms with E-state index in [-0.39, 0.29) is 0 Å². The van der Waals surface area contributed by atoms with E-state index >= 15 is 0 Å². The van der Waals surface area contributed by atoms with Crippen LogP contribution in [0.15, 0.2) is 48.9 Å². The Morgan fingerprint density at radius 3 is 2.42 bits per heavy atom. The molecular formula is C20H16F3N3O5. The maximum absolute atomic E-state index is 13.7. The number of alkyl halides is 3. The number of benzene rings is 2. The van der Waals surface area contributed by atoms with Crippen LogP contribution in [0.4, 0.5) is 18.9 Å². The molecule has 0 spiro atoms. The maximum Gasteiger partial charge on any atom is 0.418 e. The summed E-state index contributed by atoms with van der Waals surface area (Å²) >= 11 is 0. The summed E-state index contributed by atoms with van der Waals surface area (Å²) < 4.78 is 51.5. The predicted octanol–water partition coefficient (Wildman–Crippen LogP) is 4.40. The Balaban J connectivity index is 2.13. The van der Waals surface area contributed by atoms with Crippen molar-refractivity contribution in [2.24, 2.45) is 0 Å². The second kappa shape index (κ2) is 8.56. The van der Waals surface area contributed by atoms with E-state index in [0.717, 1.165) is 29.6 Å². The number of methoxy groups -OCH3 is 2. The van der Waals surface area contributed by atoms with Crippen LogP contribution in [-0.2, 0) is 22.3 Å².